The quantitative estimate of drug-likeness (QED) is 0.842. The molecule has 0 bridgehead atoms. The first-order chi connectivity index (χ1) is 9.10. The maximum Gasteiger partial charge on any atom is 0.244 e. The number of hydrogen-bond donors (Lipinski definition) is 2. The van der Waals surface area contributed by atoms with Crippen LogP contribution in [0.2, 0.25) is 5.02 Å². The highest BCUT2D eigenvalue weighted by molar-refractivity contribution is 7.98. The van der Waals surface area contributed by atoms with Crippen molar-refractivity contribution in [2.45, 2.75) is 11.7 Å². The molecule has 0 radical (unpaired) electrons. The third-order valence-corrected chi connectivity index (χ3v) is 3.28. The van der Waals surface area contributed by atoms with Gasteiger partial charge in [-0.25, -0.2) is 0 Å². The second-order valence-corrected chi connectivity index (χ2v) is 4.90. The van der Waals surface area contributed by atoms with Gasteiger partial charge in [-0.2, -0.15) is 0 Å². The number of nitrogen functional groups attached to an aromatic ring is 1. The summed E-state index contributed by atoms with van der Waals surface area (Å²) in [6.07, 6.45) is 1.84. The minimum Gasteiger partial charge on any atom is -0.368 e. The lowest BCUT2D eigenvalue weighted by molar-refractivity contribution is -0.116. The van der Waals surface area contributed by atoms with Crippen molar-refractivity contribution >= 4 is 40.9 Å². The fraction of sp³-hybridized carbons (Fsp3) is 0.182. The van der Waals surface area contributed by atoms with Crippen molar-refractivity contribution in [3.05, 3.63) is 29.3 Å². The molecule has 0 saturated carbocycles. The zero-order chi connectivity index (χ0) is 13.8. The van der Waals surface area contributed by atoms with E-state index in [2.05, 4.69) is 15.5 Å². The summed E-state index contributed by atoms with van der Waals surface area (Å²) >= 11 is 7.15. The van der Waals surface area contributed by atoms with Gasteiger partial charge in [-0.15, -0.1) is 10.2 Å². The lowest BCUT2D eigenvalue weighted by Gasteiger charge is -2.08. The largest absolute Gasteiger partial charge is 0.368 e. The van der Waals surface area contributed by atoms with E-state index >= 15 is 0 Å². The molecule has 0 aliphatic carbocycles. The Morgan fingerprint density at radius 1 is 1.42 bits per heavy atom. The minimum atomic E-state index is -0.205. The van der Waals surface area contributed by atoms with Crippen molar-refractivity contribution < 1.29 is 4.79 Å². The molecule has 0 fully saturated rings. The number of nitrogens with one attached hydrogen (secondary N) is 1. The second kappa shape index (κ2) is 5.94. The third-order valence-electron chi connectivity index (χ3n) is 2.36. The van der Waals surface area contributed by atoms with E-state index < -0.39 is 0 Å². The number of thioether (sulfide) groups is 1. The average molecular weight is 298 g/mol. The number of hydrogen-bond acceptors (Lipinski definition) is 5. The third kappa shape index (κ3) is 3.39. The molecule has 0 saturated heterocycles. The zero-order valence-electron chi connectivity index (χ0n) is 10.1. The number of benzene rings is 1. The number of amides is 1. The molecule has 100 valence electrons. The second-order valence-electron chi connectivity index (χ2n) is 3.69. The first-order valence-corrected chi connectivity index (χ1v) is 6.98. The van der Waals surface area contributed by atoms with E-state index in [-0.39, 0.29) is 18.4 Å². The first kappa shape index (κ1) is 13.7. The molecule has 19 heavy (non-hydrogen) atoms. The monoisotopic (exact) mass is 297 g/mol. The highest BCUT2D eigenvalue weighted by atomic mass is 35.5. The molecule has 1 aromatic carbocycles. The number of anilines is 2. The van der Waals surface area contributed by atoms with Gasteiger partial charge in [-0.1, -0.05) is 23.4 Å². The van der Waals surface area contributed by atoms with E-state index in [1.54, 1.807) is 28.8 Å². The predicted octanol–water partition coefficient (Wildman–Crippen LogP) is 1.87. The fourth-order valence-electron chi connectivity index (χ4n) is 1.48. The van der Waals surface area contributed by atoms with E-state index in [1.807, 2.05) is 6.26 Å². The van der Waals surface area contributed by atoms with Crippen molar-refractivity contribution in [2.24, 2.45) is 0 Å². The van der Waals surface area contributed by atoms with E-state index in [4.69, 9.17) is 17.3 Å². The lowest BCUT2D eigenvalue weighted by Crippen LogP contribution is -2.20. The molecule has 8 heteroatoms. The molecular formula is C11H12ClN5OS. The highest BCUT2D eigenvalue weighted by Crippen LogP contribution is 2.16. The summed E-state index contributed by atoms with van der Waals surface area (Å²) in [5.41, 5.74) is 6.33. The summed E-state index contributed by atoms with van der Waals surface area (Å²) in [7, 11) is 0. The van der Waals surface area contributed by atoms with Gasteiger partial charge in [0.1, 0.15) is 6.54 Å². The number of rotatable bonds is 4. The Hall–Kier alpha value is -1.73. The number of carbonyl (C=O) groups excluding carboxylic acids is 1. The topological polar surface area (TPSA) is 85.8 Å². The van der Waals surface area contributed by atoms with E-state index in [0.29, 0.717) is 15.9 Å². The molecule has 3 N–H and O–H groups in total. The molecule has 6 nitrogen and oxygen atoms in total. The molecule has 0 unspecified atom stereocenters. The van der Waals surface area contributed by atoms with Gasteiger partial charge >= 0.3 is 0 Å². The Balaban J connectivity index is 2.05. The van der Waals surface area contributed by atoms with Crippen LogP contribution in [0.3, 0.4) is 0 Å². The highest BCUT2D eigenvalue weighted by Gasteiger charge is 2.12. The molecule has 0 spiro atoms. The number of halogens is 1. The smallest absolute Gasteiger partial charge is 0.244 e. The van der Waals surface area contributed by atoms with Crippen LogP contribution in [-0.2, 0) is 11.3 Å². The Kier molecular flexibility index (Phi) is 4.28. The molecule has 0 atom stereocenters. The average Bonchev–Trinajstić information content (AvgIpc) is 2.73. The van der Waals surface area contributed by atoms with Crippen LogP contribution in [0.1, 0.15) is 0 Å². The molecule has 2 rings (SSSR count). The summed E-state index contributed by atoms with van der Waals surface area (Å²) in [6, 6.07) is 6.87. The van der Waals surface area contributed by atoms with Crippen LogP contribution in [0.15, 0.2) is 29.4 Å². The molecule has 2 aromatic rings. The van der Waals surface area contributed by atoms with Gasteiger partial charge in [-0.05, 0) is 30.5 Å². The number of carbonyl (C=O) groups is 1. The first-order valence-electron chi connectivity index (χ1n) is 5.38. The van der Waals surface area contributed by atoms with Crippen molar-refractivity contribution in [3.8, 4) is 0 Å². The van der Waals surface area contributed by atoms with Crippen molar-refractivity contribution in [3.63, 3.8) is 0 Å². The van der Waals surface area contributed by atoms with Gasteiger partial charge in [0.2, 0.25) is 11.9 Å². The Morgan fingerprint density at radius 2 is 2.11 bits per heavy atom. The van der Waals surface area contributed by atoms with E-state index in [1.165, 1.54) is 11.8 Å². The Bertz CT molecular complexity index is 583. The normalized spacial score (nSPS) is 10.4. The summed E-state index contributed by atoms with van der Waals surface area (Å²) in [5, 5.41) is 11.6. The van der Waals surface area contributed by atoms with Crippen LogP contribution in [0.25, 0.3) is 0 Å². The van der Waals surface area contributed by atoms with Gasteiger partial charge in [0.05, 0.1) is 0 Å². The zero-order valence-corrected chi connectivity index (χ0v) is 11.7. The SMILES string of the molecule is CSc1nnc(N)n1CC(=O)Nc1ccc(Cl)cc1. The number of nitrogens with zero attached hydrogens (tertiary/aromatic N) is 3. The van der Waals surface area contributed by atoms with Crippen LogP contribution in [-0.4, -0.2) is 26.9 Å². The van der Waals surface area contributed by atoms with E-state index in [9.17, 15) is 4.79 Å². The maximum absolute atomic E-state index is 11.9. The molecule has 1 heterocycles. The molecular weight excluding hydrogens is 286 g/mol. The predicted molar refractivity (Wildman–Crippen MR) is 76.3 cm³/mol. The molecule has 1 aromatic heterocycles. The van der Waals surface area contributed by atoms with Crippen LogP contribution < -0.4 is 11.1 Å². The number of nitrogens with two attached hydrogens (primary N) is 1. The Labute approximate surface area is 119 Å². The number of aromatic nitrogens is 3. The van der Waals surface area contributed by atoms with Gasteiger partial charge < -0.3 is 11.1 Å². The summed E-state index contributed by atoms with van der Waals surface area (Å²) in [4.78, 5) is 11.9. The van der Waals surface area contributed by atoms with Gasteiger partial charge in [0.15, 0.2) is 5.16 Å². The lowest BCUT2D eigenvalue weighted by atomic mass is 10.3. The van der Waals surface area contributed by atoms with Gasteiger partial charge in [-0.3, -0.25) is 9.36 Å². The maximum atomic E-state index is 11.9. The minimum absolute atomic E-state index is 0.0671. The summed E-state index contributed by atoms with van der Waals surface area (Å²) < 4.78 is 1.55. The standard InChI is InChI=1S/C11H12ClN5OS/c1-19-11-16-15-10(13)17(11)6-9(18)14-8-4-2-7(12)3-5-8/h2-5H,6H2,1H3,(H2,13,15)(H,14,18). The van der Waals surface area contributed by atoms with Crippen LogP contribution in [0.4, 0.5) is 11.6 Å². The Morgan fingerprint density at radius 3 is 2.74 bits per heavy atom. The molecule has 1 amide bonds. The van der Waals surface area contributed by atoms with Gasteiger partial charge in [0, 0.05) is 10.7 Å². The van der Waals surface area contributed by atoms with Crippen molar-refractivity contribution in [1.82, 2.24) is 14.8 Å². The van der Waals surface area contributed by atoms with Crippen LogP contribution >= 0.6 is 23.4 Å². The molecule has 0 aliphatic rings. The summed E-state index contributed by atoms with van der Waals surface area (Å²) in [5.74, 6) is 0.0136. The van der Waals surface area contributed by atoms with E-state index in [0.717, 1.165) is 0 Å². The van der Waals surface area contributed by atoms with Crippen molar-refractivity contribution in [1.29, 1.82) is 0 Å². The molecule has 0 aliphatic heterocycles. The van der Waals surface area contributed by atoms with Crippen molar-refractivity contribution in [2.75, 3.05) is 17.3 Å². The van der Waals surface area contributed by atoms with Crippen LogP contribution in [0.5, 0.6) is 0 Å². The van der Waals surface area contributed by atoms with Crippen LogP contribution in [0, 0.1) is 0 Å². The van der Waals surface area contributed by atoms with Gasteiger partial charge in [0.25, 0.3) is 0 Å². The fourth-order valence-corrected chi connectivity index (χ4v) is 2.10. The summed E-state index contributed by atoms with van der Waals surface area (Å²) in [6.45, 7) is 0.0671.